The molecule has 0 N–H and O–H groups in total. The number of carbonyl (C=O) groups is 1. The summed E-state index contributed by atoms with van der Waals surface area (Å²) in [5, 5.41) is 0.509. The van der Waals surface area contributed by atoms with E-state index in [4.69, 9.17) is 20.8 Å². The first kappa shape index (κ1) is 18.8. The minimum atomic E-state index is -3.12. The number of sulfone groups is 1. The Labute approximate surface area is 157 Å². The molecule has 26 heavy (non-hydrogen) atoms. The van der Waals surface area contributed by atoms with Crippen LogP contribution < -0.4 is 4.74 Å². The fraction of sp³-hybridized carbons (Fsp3) is 0.389. The third-order valence-electron chi connectivity index (χ3n) is 4.46. The number of rotatable bonds is 6. The Morgan fingerprint density at radius 3 is 2.81 bits per heavy atom. The van der Waals surface area contributed by atoms with Crippen LogP contribution in [0.2, 0.25) is 5.02 Å². The Balaban J connectivity index is 1.84. The molecule has 1 fully saturated rings. The SMILES string of the molecule is COc1ccc(Cl)cc1CC(=O)N(Cc1ccco1)[C@@H]1CCS(=O)(=O)C1. The first-order chi connectivity index (χ1) is 12.4. The summed E-state index contributed by atoms with van der Waals surface area (Å²) in [6.07, 6.45) is 2.03. The molecule has 0 bridgehead atoms. The number of amides is 1. The van der Waals surface area contributed by atoms with Gasteiger partial charge in [0, 0.05) is 16.6 Å². The molecule has 8 heteroatoms. The molecular weight excluding hydrogens is 378 g/mol. The molecule has 0 aliphatic carbocycles. The van der Waals surface area contributed by atoms with E-state index in [1.165, 1.54) is 13.4 Å². The second kappa shape index (κ2) is 7.72. The number of furan rings is 1. The van der Waals surface area contributed by atoms with Crippen molar-refractivity contribution in [2.75, 3.05) is 18.6 Å². The zero-order valence-electron chi connectivity index (χ0n) is 14.4. The molecule has 1 aromatic heterocycles. The Morgan fingerprint density at radius 1 is 1.38 bits per heavy atom. The van der Waals surface area contributed by atoms with E-state index in [1.807, 2.05) is 0 Å². The fourth-order valence-corrected chi connectivity index (χ4v) is 5.09. The molecule has 140 valence electrons. The Bertz CT molecular complexity index is 879. The van der Waals surface area contributed by atoms with E-state index in [0.29, 0.717) is 28.5 Å². The standard InChI is InChI=1S/C18H20ClNO5S/c1-24-17-5-4-14(19)9-13(17)10-18(21)20(11-16-3-2-7-25-16)15-6-8-26(22,23)12-15/h2-5,7,9,15H,6,8,10-12H2,1H3/t15-/m1/s1. The van der Waals surface area contributed by atoms with Crippen molar-refractivity contribution in [1.29, 1.82) is 0 Å². The topological polar surface area (TPSA) is 76.8 Å². The molecule has 0 unspecified atom stereocenters. The quantitative estimate of drug-likeness (QED) is 0.749. The van der Waals surface area contributed by atoms with Crippen LogP contribution in [0.25, 0.3) is 0 Å². The number of hydrogen-bond donors (Lipinski definition) is 0. The van der Waals surface area contributed by atoms with Gasteiger partial charge in [0.05, 0.1) is 37.8 Å². The Hall–Kier alpha value is -1.99. The number of halogens is 1. The molecule has 3 rings (SSSR count). The molecule has 2 heterocycles. The minimum absolute atomic E-state index is 0.0217. The van der Waals surface area contributed by atoms with Crippen molar-refractivity contribution in [1.82, 2.24) is 4.90 Å². The highest BCUT2D eigenvalue weighted by Crippen LogP contribution is 2.26. The lowest BCUT2D eigenvalue weighted by atomic mass is 10.1. The van der Waals surface area contributed by atoms with Crippen LogP contribution in [-0.2, 0) is 27.6 Å². The predicted molar refractivity (Wildman–Crippen MR) is 98.0 cm³/mol. The van der Waals surface area contributed by atoms with Gasteiger partial charge in [0.15, 0.2) is 9.84 Å². The van der Waals surface area contributed by atoms with E-state index in [2.05, 4.69) is 0 Å². The highest BCUT2D eigenvalue weighted by Gasteiger charge is 2.35. The van der Waals surface area contributed by atoms with Gasteiger partial charge in [-0.1, -0.05) is 11.6 Å². The molecule has 1 atom stereocenters. The lowest BCUT2D eigenvalue weighted by Gasteiger charge is -2.28. The van der Waals surface area contributed by atoms with Crippen molar-refractivity contribution < 1.29 is 22.4 Å². The predicted octanol–water partition coefficient (Wildman–Crippen LogP) is 2.70. The number of nitrogens with zero attached hydrogens (tertiary/aromatic N) is 1. The molecule has 0 radical (unpaired) electrons. The van der Waals surface area contributed by atoms with Gasteiger partial charge < -0.3 is 14.1 Å². The van der Waals surface area contributed by atoms with Crippen LogP contribution in [0, 0.1) is 0 Å². The van der Waals surface area contributed by atoms with Gasteiger partial charge in [0.2, 0.25) is 5.91 Å². The molecule has 1 aliphatic heterocycles. The summed E-state index contributed by atoms with van der Waals surface area (Å²) in [5.41, 5.74) is 0.662. The smallest absolute Gasteiger partial charge is 0.227 e. The second-order valence-electron chi connectivity index (χ2n) is 6.29. The zero-order valence-corrected chi connectivity index (χ0v) is 15.9. The summed E-state index contributed by atoms with van der Waals surface area (Å²) >= 11 is 6.04. The lowest BCUT2D eigenvalue weighted by molar-refractivity contribution is -0.133. The van der Waals surface area contributed by atoms with Crippen LogP contribution in [0.4, 0.5) is 0 Å². The highest BCUT2D eigenvalue weighted by atomic mass is 35.5. The van der Waals surface area contributed by atoms with E-state index in [9.17, 15) is 13.2 Å². The summed E-state index contributed by atoms with van der Waals surface area (Å²) in [7, 11) is -1.59. The summed E-state index contributed by atoms with van der Waals surface area (Å²) < 4.78 is 34.4. The summed E-state index contributed by atoms with van der Waals surface area (Å²) in [4.78, 5) is 14.6. The molecule has 0 spiro atoms. The molecule has 1 saturated heterocycles. The van der Waals surface area contributed by atoms with Crippen molar-refractivity contribution in [2.45, 2.75) is 25.4 Å². The van der Waals surface area contributed by atoms with E-state index >= 15 is 0 Å². The van der Waals surface area contributed by atoms with Crippen molar-refractivity contribution in [3.05, 3.63) is 52.9 Å². The minimum Gasteiger partial charge on any atom is -0.496 e. The van der Waals surface area contributed by atoms with Crippen molar-refractivity contribution >= 4 is 27.3 Å². The van der Waals surface area contributed by atoms with Crippen molar-refractivity contribution in [3.8, 4) is 5.75 Å². The van der Waals surface area contributed by atoms with E-state index in [0.717, 1.165) is 0 Å². The van der Waals surface area contributed by atoms with E-state index in [-0.39, 0.29) is 36.4 Å². The van der Waals surface area contributed by atoms with Gasteiger partial charge in [-0.3, -0.25) is 4.79 Å². The van der Waals surface area contributed by atoms with Gasteiger partial charge in [-0.2, -0.15) is 0 Å². The maximum Gasteiger partial charge on any atom is 0.227 e. The van der Waals surface area contributed by atoms with Gasteiger partial charge in [0.1, 0.15) is 11.5 Å². The third-order valence-corrected chi connectivity index (χ3v) is 6.45. The fourth-order valence-electron chi connectivity index (χ4n) is 3.16. The third kappa shape index (κ3) is 4.40. The van der Waals surface area contributed by atoms with Gasteiger partial charge in [-0.15, -0.1) is 0 Å². The Morgan fingerprint density at radius 2 is 2.19 bits per heavy atom. The van der Waals surface area contributed by atoms with Crippen LogP contribution in [0.15, 0.2) is 41.0 Å². The maximum absolute atomic E-state index is 13.0. The Kier molecular flexibility index (Phi) is 5.58. The molecule has 2 aromatic rings. The first-order valence-electron chi connectivity index (χ1n) is 8.22. The number of methoxy groups -OCH3 is 1. The van der Waals surface area contributed by atoms with Gasteiger partial charge >= 0.3 is 0 Å². The van der Waals surface area contributed by atoms with Crippen molar-refractivity contribution in [2.24, 2.45) is 0 Å². The molecule has 1 aliphatic rings. The highest BCUT2D eigenvalue weighted by molar-refractivity contribution is 7.91. The lowest BCUT2D eigenvalue weighted by Crippen LogP contribution is -2.41. The van der Waals surface area contributed by atoms with Crippen LogP contribution in [-0.4, -0.2) is 43.9 Å². The van der Waals surface area contributed by atoms with Crippen LogP contribution in [0.1, 0.15) is 17.7 Å². The average Bonchev–Trinajstić information content (AvgIpc) is 3.22. The average molecular weight is 398 g/mol. The van der Waals surface area contributed by atoms with Crippen molar-refractivity contribution in [3.63, 3.8) is 0 Å². The second-order valence-corrected chi connectivity index (χ2v) is 8.96. The van der Waals surface area contributed by atoms with Crippen LogP contribution in [0.3, 0.4) is 0 Å². The summed E-state index contributed by atoms with van der Waals surface area (Å²) in [6.45, 7) is 0.231. The van der Waals surface area contributed by atoms with E-state index in [1.54, 1.807) is 35.2 Å². The van der Waals surface area contributed by atoms with Gasteiger partial charge in [-0.25, -0.2) is 8.42 Å². The number of benzene rings is 1. The normalized spacial score (nSPS) is 18.6. The largest absolute Gasteiger partial charge is 0.496 e. The molecule has 6 nitrogen and oxygen atoms in total. The monoisotopic (exact) mass is 397 g/mol. The molecule has 0 saturated carbocycles. The zero-order chi connectivity index (χ0) is 18.7. The summed E-state index contributed by atoms with van der Waals surface area (Å²) in [5.74, 6) is 1.07. The maximum atomic E-state index is 13.0. The molecular formula is C18H20ClNO5S. The summed E-state index contributed by atoms with van der Waals surface area (Å²) in [6, 6.07) is 8.24. The van der Waals surface area contributed by atoms with Gasteiger partial charge in [-0.05, 0) is 36.8 Å². The molecule has 1 aromatic carbocycles. The van der Waals surface area contributed by atoms with Crippen LogP contribution in [0.5, 0.6) is 5.75 Å². The first-order valence-corrected chi connectivity index (χ1v) is 10.4. The number of carbonyl (C=O) groups excluding carboxylic acids is 1. The molecule has 1 amide bonds. The number of hydrogen-bond acceptors (Lipinski definition) is 5. The van der Waals surface area contributed by atoms with Crippen LogP contribution >= 0.6 is 11.6 Å². The number of ether oxygens (including phenoxy) is 1. The van der Waals surface area contributed by atoms with Gasteiger partial charge in [0.25, 0.3) is 0 Å². The van der Waals surface area contributed by atoms with E-state index < -0.39 is 9.84 Å².